The van der Waals surface area contributed by atoms with Gasteiger partial charge in [0.1, 0.15) is 4.88 Å². The molecule has 0 spiro atoms. The van der Waals surface area contributed by atoms with E-state index in [9.17, 15) is 4.79 Å². The van der Waals surface area contributed by atoms with E-state index in [1.165, 1.54) is 22.7 Å². The summed E-state index contributed by atoms with van der Waals surface area (Å²) in [5.41, 5.74) is 3.47. The average molecular weight is 352 g/mol. The minimum atomic E-state index is -0.166. The maximum absolute atomic E-state index is 12.2. The molecule has 1 N–H and O–H groups in total. The van der Waals surface area contributed by atoms with Crippen LogP contribution in [0.4, 0.5) is 5.13 Å². The highest BCUT2D eigenvalue weighted by Crippen LogP contribution is 2.31. The Labute approximate surface area is 146 Å². The Morgan fingerprint density at radius 3 is 2.88 bits per heavy atom. The summed E-state index contributed by atoms with van der Waals surface area (Å²) in [6.07, 6.45) is 5.40. The van der Waals surface area contributed by atoms with Crippen molar-refractivity contribution in [1.82, 2.24) is 15.0 Å². The van der Waals surface area contributed by atoms with Crippen molar-refractivity contribution in [3.05, 3.63) is 58.9 Å². The van der Waals surface area contributed by atoms with Gasteiger partial charge in [0.25, 0.3) is 5.91 Å². The van der Waals surface area contributed by atoms with E-state index >= 15 is 0 Å². The van der Waals surface area contributed by atoms with Gasteiger partial charge in [-0.05, 0) is 30.0 Å². The molecular formula is C17H12N4OS2. The Hall–Kier alpha value is -2.64. The molecule has 0 radical (unpaired) electrons. The molecule has 3 aromatic heterocycles. The molecule has 0 fully saturated rings. The summed E-state index contributed by atoms with van der Waals surface area (Å²) in [5, 5.41) is 5.65. The Morgan fingerprint density at radius 2 is 2.04 bits per heavy atom. The zero-order chi connectivity index (χ0) is 16.5. The first kappa shape index (κ1) is 14.9. The van der Waals surface area contributed by atoms with Crippen molar-refractivity contribution in [3.8, 4) is 10.4 Å². The number of carbonyl (C=O) groups excluding carboxylic acids is 1. The Bertz CT molecular complexity index is 1040. The SMILES string of the molecule is Cc1ncsc1C(=O)Nc1ncc(-c2ccc3cnccc3c2)s1. The van der Waals surface area contributed by atoms with E-state index in [-0.39, 0.29) is 5.91 Å². The quantitative estimate of drug-likeness (QED) is 0.594. The van der Waals surface area contributed by atoms with Crippen molar-refractivity contribution < 1.29 is 4.79 Å². The minimum absolute atomic E-state index is 0.166. The molecule has 24 heavy (non-hydrogen) atoms. The monoisotopic (exact) mass is 352 g/mol. The van der Waals surface area contributed by atoms with Crippen molar-refractivity contribution in [2.75, 3.05) is 5.32 Å². The van der Waals surface area contributed by atoms with E-state index in [0.29, 0.717) is 10.0 Å². The lowest BCUT2D eigenvalue weighted by Crippen LogP contribution is -2.11. The normalized spacial score (nSPS) is 10.9. The third-order valence-corrected chi connectivity index (χ3v) is 5.49. The summed E-state index contributed by atoms with van der Waals surface area (Å²) in [7, 11) is 0. The highest BCUT2D eigenvalue weighted by molar-refractivity contribution is 7.19. The van der Waals surface area contributed by atoms with Gasteiger partial charge in [0.2, 0.25) is 0 Å². The molecule has 118 valence electrons. The number of aryl methyl sites for hydroxylation is 1. The molecule has 0 saturated heterocycles. The van der Waals surface area contributed by atoms with Gasteiger partial charge in [-0.15, -0.1) is 11.3 Å². The molecule has 5 nitrogen and oxygen atoms in total. The lowest BCUT2D eigenvalue weighted by molar-refractivity contribution is 0.103. The first-order chi connectivity index (χ1) is 11.7. The van der Waals surface area contributed by atoms with Crippen molar-refractivity contribution >= 4 is 44.5 Å². The number of hydrogen-bond donors (Lipinski definition) is 1. The second-order valence-corrected chi connectivity index (χ2v) is 7.07. The second kappa shape index (κ2) is 6.10. The van der Waals surface area contributed by atoms with Gasteiger partial charge in [0.05, 0.1) is 16.1 Å². The number of fused-ring (bicyclic) bond motifs is 1. The fraction of sp³-hybridized carbons (Fsp3) is 0.0588. The summed E-state index contributed by atoms with van der Waals surface area (Å²) in [6, 6.07) is 8.16. The molecule has 0 aliphatic heterocycles. The molecule has 4 rings (SSSR count). The molecule has 4 aromatic rings. The van der Waals surface area contributed by atoms with Crippen molar-refractivity contribution in [2.24, 2.45) is 0 Å². The van der Waals surface area contributed by atoms with E-state index in [1.807, 2.05) is 31.3 Å². The number of amides is 1. The van der Waals surface area contributed by atoms with Crippen molar-refractivity contribution in [2.45, 2.75) is 6.92 Å². The number of nitrogens with one attached hydrogen (secondary N) is 1. The fourth-order valence-electron chi connectivity index (χ4n) is 2.38. The molecule has 0 bridgehead atoms. The first-order valence-electron chi connectivity index (χ1n) is 7.22. The average Bonchev–Trinajstić information content (AvgIpc) is 3.23. The molecule has 3 heterocycles. The van der Waals surface area contributed by atoms with Gasteiger partial charge in [-0.25, -0.2) is 9.97 Å². The van der Waals surface area contributed by atoms with Crippen LogP contribution in [-0.4, -0.2) is 20.9 Å². The topological polar surface area (TPSA) is 67.8 Å². The van der Waals surface area contributed by atoms with E-state index in [2.05, 4.69) is 26.3 Å². The van der Waals surface area contributed by atoms with Crippen LogP contribution >= 0.6 is 22.7 Å². The number of aromatic nitrogens is 3. The Kier molecular flexibility index (Phi) is 3.79. The van der Waals surface area contributed by atoms with Crippen LogP contribution < -0.4 is 5.32 Å². The third kappa shape index (κ3) is 2.79. The zero-order valence-electron chi connectivity index (χ0n) is 12.7. The van der Waals surface area contributed by atoms with Crippen LogP contribution in [-0.2, 0) is 0 Å². The van der Waals surface area contributed by atoms with Crippen LogP contribution in [0.5, 0.6) is 0 Å². The smallest absolute Gasteiger partial charge is 0.269 e. The molecular weight excluding hydrogens is 340 g/mol. The first-order valence-corrected chi connectivity index (χ1v) is 8.92. The van der Waals surface area contributed by atoms with E-state index in [1.54, 1.807) is 17.9 Å². The maximum atomic E-state index is 12.2. The van der Waals surface area contributed by atoms with Gasteiger partial charge in [-0.2, -0.15) is 0 Å². The van der Waals surface area contributed by atoms with Gasteiger partial charge in [-0.1, -0.05) is 23.5 Å². The lowest BCUT2D eigenvalue weighted by Gasteiger charge is -2.01. The van der Waals surface area contributed by atoms with E-state index in [4.69, 9.17) is 0 Å². The van der Waals surface area contributed by atoms with Gasteiger partial charge < -0.3 is 0 Å². The predicted octanol–water partition coefficient (Wildman–Crippen LogP) is 4.38. The number of benzene rings is 1. The molecule has 0 unspecified atom stereocenters. The van der Waals surface area contributed by atoms with E-state index in [0.717, 1.165) is 26.9 Å². The highest BCUT2D eigenvalue weighted by Gasteiger charge is 2.14. The largest absolute Gasteiger partial charge is 0.297 e. The van der Waals surface area contributed by atoms with Crippen LogP contribution in [0.2, 0.25) is 0 Å². The number of nitrogens with zero attached hydrogens (tertiary/aromatic N) is 3. The molecule has 0 atom stereocenters. The summed E-state index contributed by atoms with van der Waals surface area (Å²) in [6.45, 7) is 1.82. The summed E-state index contributed by atoms with van der Waals surface area (Å²) in [5.74, 6) is -0.166. The van der Waals surface area contributed by atoms with Gasteiger partial charge in [0, 0.05) is 24.0 Å². The lowest BCUT2D eigenvalue weighted by atomic mass is 10.1. The fourth-order valence-corrected chi connectivity index (χ4v) is 3.88. The van der Waals surface area contributed by atoms with E-state index < -0.39 is 0 Å². The van der Waals surface area contributed by atoms with Gasteiger partial charge >= 0.3 is 0 Å². The summed E-state index contributed by atoms with van der Waals surface area (Å²) >= 11 is 2.78. The molecule has 1 aromatic carbocycles. The predicted molar refractivity (Wildman–Crippen MR) is 97.7 cm³/mol. The van der Waals surface area contributed by atoms with Crippen LogP contribution in [0.1, 0.15) is 15.4 Å². The summed E-state index contributed by atoms with van der Waals surface area (Å²) < 4.78 is 0. The zero-order valence-corrected chi connectivity index (χ0v) is 14.3. The number of pyridine rings is 1. The van der Waals surface area contributed by atoms with Gasteiger partial charge in [-0.3, -0.25) is 15.1 Å². The van der Waals surface area contributed by atoms with Crippen LogP contribution in [0.15, 0.2) is 48.4 Å². The Morgan fingerprint density at radius 1 is 1.12 bits per heavy atom. The number of carbonyl (C=O) groups is 1. The standard InChI is InChI=1S/C17H12N4OS2/c1-10-15(23-9-20-10)16(22)21-17-19-8-14(24-17)12-2-3-13-7-18-5-4-11(13)6-12/h2-9H,1H3,(H,19,21,22). The second-order valence-electron chi connectivity index (χ2n) is 5.19. The highest BCUT2D eigenvalue weighted by atomic mass is 32.1. The molecule has 0 aliphatic carbocycles. The van der Waals surface area contributed by atoms with Crippen molar-refractivity contribution in [1.29, 1.82) is 0 Å². The molecule has 7 heteroatoms. The van der Waals surface area contributed by atoms with Crippen LogP contribution in [0.25, 0.3) is 21.2 Å². The number of thiazole rings is 2. The molecule has 0 aliphatic rings. The number of hydrogen-bond acceptors (Lipinski definition) is 6. The Balaban J connectivity index is 1.59. The number of rotatable bonds is 3. The maximum Gasteiger partial charge on any atom is 0.269 e. The molecule has 1 amide bonds. The number of anilines is 1. The summed E-state index contributed by atoms with van der Waals surface area (Å²) in [4.78, 5) is 26.4. The van der Waals surface area contributed by atoms with Gasteiger partial charge in [0.15, 0.2) is 5.13 Å². The van der Waals surface area contributed by atoms with Crippen LogP contribution in [0, 0.1) is 6.92 Å². The molecule has 0 saturated carbocycles. The third-order valence-electron chi connectivity index (χ3n) is 3.60. The van der Waals surface area contributed by atoms with Crippen molar-refractivity contribution in [3.63, 3.8) is 0 Å². The van der Waals surface area contributed by atoms with Crippen LogP contribution in [0.3, 0.4) is 0 Å². The minimum Gasteiger partial charge on any atom is -0.297 e.